The van der Waals surface area contributed by atoms with Gasteiger partial charge in [0.15, 0.2) is 0 Å². The van der Waals surface area contributed by atoms with Gasteiger partial charge in [-0.2, -0.15) is 0 Å². The summed E-state index contributed by atoms with van der Waals surface area (Å²) in [4.78, 5) is 0. The fraction of sp³-hybridized carbons (Fsp3) is 0.917. The normalized spacial score (nSPS) is 15.1. The number of hydrogen-bond donors (Lipinski definition) is 2. The third-order valence-electron chi connectivity index (χ3n) is 3.01. The van der Waals surface area contributed by atoms with Gasteiger partial charge in [0, 0.05) is 5.71 Å². The summed E-state index contributed by atoms with van der Waals surface area (Å²) in [5.41, 5.74) is 6.54. The highest BCUT2D eigenvalue weighted by Gasteiger charge is 2.14. The molecule has 0 heterocycles. The van der Waals surface area contributed by atoms with Gasteiger partial charge in [-0.3, -0.25) is 0 Å². The van der Waals surface area contributed by atoms with Gasteiger partial charge < -0.3 is 11.1 Å². The maximum atomic E-state index is 7.40. The van der Waals surface area contributed by atoms with Gasteiger partial charge in [0.25, 0.3) is 0 Å². The average molecular weight is 198 g/mol. The van der Waals surface area contributed by atoms with Crippen LogP contribution in [0.2, 0.25) is 0 Å². The van der Waals surface area contributed by atoms with Gasteiger partial charge in [0.1, 0.15) is 0 Å². The van der Waals surface area contributed by atoms with Gasteiger partial charge in [-0.15, -0.1) is 0 Å². The van der Waals surface area contributed by atoms with E-state index in [0.29, 0.717) is 5.92 Å². The molecule has 2 heteroatoms. The second-order valence-corrected chi connectivity index (χ2v) is 4.43. The maximum absolute atomic E-state index is 7.40. The van der Waals surface area contributed by atoms with E-state index < -0.39 is 0 Å². The summed E-state index contributed by atoms with van der Waals surface area (Å²) in [7, 11) is 0. The van der Waals surface area contributed by atoms with E-state index in [1.165, 1.54) is 19.3 Å². The van der Waals surface area contributed by atoms with Crippen LogP contribution in [0.1, 0.15) is 52.9 Å². The third-order valence-corrected chi connectivity index (χ3v) is 3.01. The summed E-state index contributed by atoms with van der Waals surface area (Å²) >= 11 is 0. The molecule has 2 unspecified atom stereocenters. The molecule has 0 radical (unpaired) electrons. The molecular weight excluding hydrogens is 172 g/mol. The molecule has 0 aromatic rings. The molecule has 14 heavy (non-hydrogen) atoms. The Labute approximate surface area is 88.8 Å². The van der Waals surface area contributed by atoms with Crippen LogP contribution in [0.15, 0.2) is 0 Å². The van der Waals surface area contributed by atoms with Crippen molar-refractivity contribution in [1.82, 2.24) is 0 Å². The quantitative estimate of drug-likeness (QED) is 0.578. The van der Waals surface area contributed by atoms with Crippen molar-refractivity contribution in [1.29, 1.82) is 5.41 Å². The monoisotopic (exact) mass is 198 g/mol. The first-order valence-corrected chi connectivity index (χ1v) is 5.85. The lowest BCUT2D eigenvalue weighted by Gasteiger charge is -2.22. The van der Waals surface area contributed by atoms with E-state index in [9.17, 15) is 0 Å². The molecule has 0 aliphatic carbocycles. The van der Waals surface area contributed by atoms with Gasteiger partial charge in [-0.1, -0.05) is 33.1 Å². The first-order valence-electron chi connectivity index (χ1n) is 5.85. The molecule has 0 fully saturated rings. The van der Waals surface area contributed by atoms with E-state index in [1.54, 1.807) is 0 Å². The van der Waals surface area contributed by atoms with Gasteiger partial charge in [0.05, 0.1) is 0 Å². The largest absolute Gasteiger partial charge is 0.330 e. The molecule has 0 amide bonds. The summed E-state index contributed by atoms with van der Waals surface area (Å²) in [5.74, 6) is 1.33. The summed E-state index contributed by atoms with van der Waals surface area (Å²) in [5, 5.41) is 7.40. The molecule has 3 N–H and O–H groups in total. The third kappa shape index (κ3) is 6.14. The molecule has 0 rings (SSSR count). The van der Waals surface area contributed by atoms with Crippen molar-refractivity contribution >= 4 is 5.71 Å². The number of nitrogens with two attached hydrogens (primary N) is 1. The number of nitrogens with one attached hydrogen (secondary N) is 1. The number of rotatable bonds is 8. The summed E-state index contributed by atoms with van der Waals surface area (Å²) in [6.07, 6.45) is 5.87. The van der Waals surface area contributed by atoms with Crippen molar-refractivity contribution < 1.29 is 0 Å². The molecule has 2 nitrogen and oxygen atoms in total. The van der Waals surface area contributed by atoms with Crippen LogP contribution in [-0.2, 0) is 0 Å². The Hall–Kier alpha value is -0.370. The standard InChI is InChI=1S/C12H26N2/c1-4-5-6-10(2)12(9-13)8-7-11(3)14/h10,12,14H,4-9,13H2,1-3H3. The van der Waals surface area contributed by atoms with Crippen molar-refractivity contribution in [3.8, 4) is 0 Å². The van der Waals surface area contributed by atoms with E-state index in [4.69, 9.17) is 11.1 Å². The second kappa shape index (κ2) is 7.98. The van der Waals surface area contributed by atoms with E-state index in [2.05, 4.69) is 13.8 Å². The van der Waals surface area contributed by atoms with Crippen molar-refractivity contribution in [2.45, 2.75) is 52.9 Å². The van der Waals surface area contributed by atoms with Crippen LogP contribution in [0.25, 0.3) is 0 Å². The lowest BCUT2D eigenvalue weighted by Crippen LogP contribution is -2.22. The Morgan fingerprint density at radius 1 is 1.36 bits per heavy atom. The van der Waals surface area contributed by atoms with Crippen molar-refractivity contribution in [2.24, 2.45) is 17.6 Å². The molecule has 84 valence electrons. The highest BCUT2D eigenvalue weighted by atomic mass is 14.6. The average Bonchev–Trinajstić information content (AvgIpc) is 2.15. The summed E-state index contributed by atoms with van der Waals surface area (Å²) in [6, 6.07) is 0. The van der Waals surface area contributed by atoms with Crippen molar-refractivity contribution in [3.05, 3.63) is 0 Å². The van der Waals surface area contributed by atoms with Crippen LogP contribution in [0.3, 0.4) is 0 Å². The summed E-state index contributed by atoms with van der Waals surface area (Å²) < 4.78 is 0. The maximum Gasteiger partial charge on any atom is 0.00583 e. The molecule has 0 aromatic carbocycles. The van der Waals surface area contributed by atoms with Gasteiger partial charge >= 0.3 is 0 Å². The minimum Gasteiger partial charge on any atom is -0.330 e. The molecule has 0 aliphatic rings. The number of unbranched alkanes of at least 4 members (excludes halogenated alkanes) is 1. The predicted octanol–water partition coefficient (Wildman–Crippen LogP) is 3.21. The highest BCUT2D eigenvalue weighted by Crippen LogP contribution is 2.21. The van der Waals surface area contributed by atoms with Crippen LogP contribution < -0.4 is 5.73 Å². The first kappa shape index (κ1) is 13.6. The van der Waals surface area contributed by atoms with Gasteiger partial charge in [-0.05, 0) is 38.1 Å². The smallest absolute Gasteiger partial charge is 0.00583 e. The van der Waals surface area contributed by atoms with Gasteiger partial charge in [0.2, 0.25) is 0 Å². The van der Waals surface area contributed by atoms with E-state index >= 15 is 0 Å². The minimum absolute atomic E-state index is 0.613. The Morgan fingerprint density at radius 2 is 2.00 bits per heavy atom. The van der Waals surface area contributed by atoms with Crippen molar-refractivity contribution in [2.75, 3.05) is 6.54 Å². The van der Waals surface area contributed by atoms with Crippen LogP contribution >= 0.6 is 0 Å². The van der Waals surface area contributed by atoms with Crippen LogP contribution in [0.4, 0.5) is 0 Å². The Kier molecular flexibility index (Phi) is 7.77. The van der Waals surface area contributed by atoms with Crippen LogP contribution in [-0.4, -0.2) is 12.3 Å². The highest BCUT2D eigenvalue weighted by molar-refractivity contribution is 5.78. The fourth-order valence-corrected chi connectivity index (χ4v) is 1.80. The van der Waals surface area contributed by atoms with Crippen LogP contribution in [0, 0.1) is 17.2 Å². The Balaban J connectivity index is 3.79. The minimum atomic E-state index is 0.613. The fourth-order valence-electron chi connectivity index (χ4n) is 1.80. The number of hydrogen-bond acceptors (Lipinski definition) is 2. The van der Waals surface area contributed by atoms with E-state index in [0.717, 1.165) is 31.0 Å². The molecular formula is C12H26N2. The van der Waals surface area contributed by atoms with Crippen molar-refractivity contribution in [3.63, 3.8) is 0 Å². The second-order valence-electron chi connectivity index (χ2n) is 4.43. The molecule has 0 saturated carbocycles. The van der Waals surface area contributed by atoms with Gasteiger partial charge in [-0.25, -0.2) is 0 Å². The topological polar surface area (TPSA) is 49.9 Å². The molecule has 0 spiro atoms. The lowest BCUT2D eigenvalue weighted by atomic mass is 9.86. The zero-order valence-corrected chi connectivity index (χ0v) is 9.97. The zero-order chi connectivity index (χ0) is 11.0. The van der Waals surface area contributed by atoms with E-state index in [1.807, 2.05) is 6.92 Å². The Morgan fingerprint density at radius 3 is 2.43 bits per heavy atom. The molecule has 0 saturated heterocycles. The Bertz CT molecular complexity index is 154. The zero-order valence-electron chi connectivity index (χ0n) is 9.97. The van der Waals surface area contributed by atoms with E-state index in [-0.39, 0.29) is 0 Å². The lowest BCUT2D eigenvalue weighted by molar-refractivity contribution is 0.322. The summed E-state index contributed by atoms with van der Waals surface area (Å²) in [6.45, 7) is 7.18. The van der Waals surface area contributed by atoms with Crippen LogP contribution in [0.5, 0.6) is 0 Å². The molecule has 0 aliphatic heterocycles. The SMILES string of the molecule is CCCCC(C)C(CN)CCC(C)=N. The first-order chi connectivity index (χ1) is 6.61. The predicted molar refractivity (Wildman–Crippen MR) is 63.9 cm³/mol. The molecule has 0 aromatic heterocycles. The molecule has 2 atom stereocenters. The molecule has 0 bridgehead atoms.